The Balaban J connectivity index is 2.01. The van der Waals surface area contributed by atoms with E-state index in [-0.39, 0.29) is 5.69 Å². The van der Waals surface area contributed by atoms with Crippen LogP contribution in [0.25, 0.3) is 0 Å². The average molecular weight is 298 g/mol. The smallest absolute Gasteiger partial charge is 0.312 e. The van der Waals surface area contributed by atoms with Crippen molar-refractivity contribution < 1.29 is 22.8 Å². The molecule has 1 aromatic carbocycles. The molecule has 1 saturated carbocycles. The third-order valence-electron chi connectivity index (χ3n) is 4.33. The normalized spacial score (nSPS) is 21.1. The average Bonchev–Trinajstić information content (AvgIpc) is 2.56. The monoisotopic (exact) mass is 298 g/mol. The van der Waals surface area contributed by atoms with Gasteiger partial charge in [0.1, 0.15) is 5.54 Å². The lowest BCUT2D eigenvalue weighted by Gasteiger charge is -2.40. The van der Waals surface area contributed by atoms with Crippen molar-refractivity contribution in [2.24, 2.45) is 0 Å². The molecule has 1 heterocycles. The lowest BCUT2D eigenvalue weighted by atomic mass is 9.76. The van der Waals surface area contributed by atoms with Gasteiger partial charge in [-0.1, -0.05) is 6.07 Å². The van der Waals surface area contributed by atoms with E-state index < -0.39 is 29.2 Å². The lowest BCUT2D eigenvalue weighted by molar-refractivity contribution is -0.137. The summed E-state index contributed by atoms with van der Waals surface area (Å²) in [6.45, 7) is 0. The number of likely N-dealkylation sites (N-methyl/N-ethyl adjacent to an activating group) is 1. The minimum absolute atomic E-state index is 0.0320. The van der Waals surface area contributed by atoms with Crippen molar-refractivity contribution in [2.45, 2.75) is 31.0 Å². The molecule has 3 rings (SSSR count). The fourth-order valence-corrected chi connectivity index (χ4v) is 2.88. The van der Waals surface area contributed by atoms with Crippen molar-refractivity contribution >= 4 is 17.6 Å². The molecule has 0 atom stereocenters. The minimum atomic E-state index is -4.51. The molecule has 3 amide bonds. The number of hydrogen-bond acceptors (Lipinski definition) is 2. The van der Waals surface area contributed by atoms with Crippen molar-refractivity contribution in [2.75, 3.05) is 11.9 Å². The van der Waals surface area contributed by atoms with E-state index in [1.54, 1.807) is 0 Å². The number of halogens is 3. The second-order valence-electron chi connectivity index (χ2n) is 5.42. The first-order valence-electron chi connectivity index (χ1n) is 6.57. The number of imide groups is 1. The van der Waals surface area contributed by atoms with E-state index in [1.807, 2.05) is 0 Å². The van der Waals surface area contributed by atoms with Gasteiger partial charge in [0, 0.05) is 7.05 Å². The first-order valence-corrected chi connectivity index (χ1v) is 6.57. The van der Waals surface area contributed by atoms with Crippen molar-refractivity contribution in [1.29, 1.82) is 0 Å². The van der Waals surface area contributed by atoms with Gasteiger partial charge in [-0.2, -0.15) is 13.2 Å². The zero-order valence-corrected chi connectivity index (χ0v) is 11.3. The molecular weight excluding hydrogens is 285 g/mol. The molecule has 0 aromatic heterocycles. The number of hydrogen-bond donors (Lipinski definition) is 0. The summed E-state index contributed by atoms with van der Waals surface area (Å²) in [5, 5.41) is 0. The Bertz CT molecular complexity index is 623. The zero-order valence-electron chi connectivity index (χ0n) is 11.3. The highest BCUT2D eigenvalue weighted by Crippen LogP contribution is 2.45. The Hall–Kier alpha value is -2.05. The number of amides is 3. The Morgan fingerprint density at radius 3 is 2.33 bits per heavy atom. The summed E-state index contributed by atoms with van der Waals surface area (Å²) in [5.41, 5.74) is -1.76. The summed E-state index contributed by atoms with van der Waals surface area (Å²) in [6.07, 6.45) is -2.56. The number of benzene rings is 1. The first-order chi connectivity index (χ1) is 9.77. The molecule has 2 fully saturated rings. The molecule has 1 spiro atoms. The van der Waals surface area contributed by atoms with Crippen LogP contribution in [-0.4, -0.2) is 29.4 Å². The van der Waals surface area contributed by atoms with Crippen LogP contribution in [0.15, 0.2) is 24.3 Å². The van der Waals surface area contributed by atoms with Crippen LogP contribution >= 0.6 is 0 Å². The van der Waals surface area contributed by atoms with Gasteiger partial charge in [0.05, 0.1) is 11.3 Å². The first kappa shape index (κ1) is 13.9. The van der Waals surface area contributed by atoms with E-state index in [0.29, 0.717) is 12.8 Å². The van der Waals surface area contributed by atoms with Crippen LogP contribution in [0.1, 0.15) is 24.8 Å². The van der Waals surface area contributed by atoms with Crippen molar-refractivity contribution in [3.05, 3.63) is 29.8 Å². The van der Waals surface area contributed by atoms with Crippen LogP contribution in [0.5, 0.6) is 0 Å². The highest BCUT2D eigenvalue weighted by molar-refractivity contribution is 6.23. The highest BCUT2D eigenvalue weighted by atomic mass is 19.4. The van der Waals surface area contributed by atoms with Crippen LogP contribution in [0.2, 0.25) is 0 Å². The Labute approximate surface area is 119 Å². The Morgan fingerprint density at radius 1 is 1.19 bits per heavy atom. The fraction of sp³-hybridized carbons (Fsp3) is 0.429. The molecule has 1 aromatic rings. The number of alkyl halides is 3. The standard InChI is InChI=1S/C14H13F3N2O2/c1-18-12(21)19(11(20)13(18)6-3-7-13)10-5-2-4-9(8-10)14(15,16)17/h2,4-5,8H,3,6-7H2,1H3. The van der Waals surface area contributed by atoms with E-state index in [9.17, 15) is 22.8 Å². The molecule has 1 saturated heterocycles. The van der Waals surface area contributed by atoms with Gasteiger partial charge >= 0.3 is 12.2 Å². The maximum Gasteiger partial charge on any atom is 0.416 e. The molecule has 112 valence electrons. The topological polar surface area (TPSA) is 40.6 Å². The quantitative estimate of drug-likeness (QED) is 0.748. The number of anilines is 1. The summed E-state index contributed by atoms with van der Waals surface area (Å²) >= 11 is 0. The van der Waals surface area contributed by atoms with Crippen molar-refractivity contribution in [3.8, 4) is 0 Å². The summed E-state index contributed by atoms with van der Waals surface area (Å²) < 4.78 is 38.3. The van der Waals surface area contributed by atoms with E-state index in [4.69, 9.17) is 0 Å². The molecule has 7 heteroatoms. The Kier molecular flexibility index (Phi) is 2.80. The zero-order chi connectivity index (χ0) is 15.4. The predicted octanol–water partition coefficient (Wildman–Crippen LogP) is 3.03. The third-order valence-corrected chi connectivity index (χ3v) is 4.33. The molecule has 0 unspecified atom stereocenters. The SMILES string of the molecule is CN1C(=O)N(c2cccc(C(F)(F)F)c2)C(=O)C12CCC2. The minimum Gasteiger partial charge on any atom is -0.312 e. The van der Waals surface area contributed by atoms with E-state index >= 15 is 0 Å². The maximum absolute atomic E-state index is 12.8. The number of nitrogens with zero attached hydrogens (tertiary/aromatic N) is 2. The van der Waals surface area contributed by atoms with Gasteiger partial charge in [0.15, 0.2) is 0 Å². The van der Waals surface area contributed by atoms with Gasteiger partial charge in [-0.15, -0.1) is 0 Å². The number of rotatable bonds is 1. The summed E-state index contributed by atoms with van der Waals surface area (Å²) in [5.74, 6) is -0.430. The van der Waals surface area contributed by atoms with Gasteiger partial charge in [-0.25, -0.2) is 9.69 Å². The van der Waals surface area contributed by atoms with Crippen LogP contribution in [0, 0.1) is 0 Å². The molecule has 4 nitrogen and oxygen atoms in total. The number of carbonyl (C=O) groups is 2. The summed E-state index contributed by atoms with van der Waals surface area (Å²) in [7, 11) is 1.52. The second kappa shape index (κ2) is 4.22. The number of urea groups is 1. The highest BCUT2D eigenvalue weighted by Gasteiger charge is 2.59. The molecule has 1 aliphatic heterocycles. The maximum atomic E-state index is 12.8. The summed E-state index contributed by atoms with van der Waals surface area (Å²) in [4.78, 5) is 26.9. The van der Waals surface area contributed by atoms with Crippen molar-refractivity contribution in [3.63, 3.8) is 0 Å². The van der Waals surface area contributed by atoms with E-state index in [2.05, 4.69) is 0 Å². The van der Waals surface area contributed by atoms with Crippen LogP contribution in [0.3, 0.4) is 0 Å². The summed E-state index contributed by atoms with van der Waals surface area (Å²) in [6, 6.07) is 3.72. The molecule has 0 bridgehead atoms. The van der Waals surface area contributed by atoms with Gasteiger partial charge in [0.25, 0.3) is 5.91 Å². The third kappa shape index (κ3) is 1.83. The molecule has 1 aliphatic carbocycles. The molecule has 0 radical (unpaired) electrons. The van der Waals surface area contributed by atoms with Crippen LogP contribution in [0.4, 0.5) is 23.7 Å². The van der Waals surface area contributed by atoms with Crippen LogP contribution < -0.4 is 4.90 Å². The number of carbonyl (C=O) groups excluding carboxylic acids is 2. The van der Waals surface area contributed by atoms with Gasteiger partial charge < -0.3 is 4.90 Å². The Morgan fingerprint density at radius 2 is 1.86 bits per heavy atom. The largest absolute Gasteiger partial charge is 0.416 e. The van der Waals surface area contributed by atoms with E-state index in [1.165, 1.54) is 24.1 Å². The van der Waals surface area contributed by atoms with Gasteiger partial charge in [0.2, 0.25) is 0 Å². The second-order valence-corrected chi connectivity index (χ2v) is 5.42. The van der Waals surface area contributed by atoms with E-state index in [0.717, 1.165) is 23.5 Å². The lowest BCUT2D eigenvalue weighted by Crippen LogP contribution is -2.53. The van der Waals surface area contributed by atoms with Gasteiger partial charge in [-0.3, -0.25) is 4.79 Å². The van der Waals surface area contributed by atoms with Crippen molar-refractivity contribution in [1.82, 2.24) is 4.90 Å². The van der Waals surface area contributed by atoms with Crippen LogP contribution in [-0.2, 0) is 11.0 Å². The fourth-order valence-electron chi connectivity index (χ4n) is 2.88. The molecule has 21 heavy (non-hydrogen) atoms. The van der Waals surface area contributed by atoms with Gasteiger partial charge in [-0.05, 0) is 37.5 Å². The predicted molar refractivity (Wildman–Crippen MR) is 68.7 cm³/mol. The molecular formula is C14H13F3N2O2. The molecule has 2 aliphatic rings. The molecule has 0 N–H and O–H groups in total.